The highest BCUT2D eigenvalue weighted by atomic mass is 19.1. The van der Waals surface area contributed by atoms with Crippen LogP contribution >= 0.6 is 0 Å². The molecule has 0 aromatic carbocycles. The second kappa shape index (κ2) is 2.76. The van der Waals surface area contributed by atoms with E-state index in [9.17, 15) is 9.50 Å². The standard InChI is InChI=1S/C11H14FNO/c1-8-4-3-5-9(13-8)11(14)6-10(2,12)7-11/h3-5,14H,6-7H2,1-2H3. The maximum absolute atomic E-state index is 13.3. The molecule has 1 aliphatic carbocycles. The van der Waals surface area contributed by atoms with Crippen LogP contribution in [0.4, 0.5) is 4.39 Å². The van der Waals surface area contributed by atoms with Crippen molar-refractivity contribution in [1.29, 1.82) is 0 Å². The zero-order valence-corrected chi connectivity index (χ0v) is 8.42. The average Bonchev–Trinajstić information content (AvgIpc) is 2.00. The first kappa shape index (κ1) is 9.59. The number of aromatic nitrogens is 1. The SMILES string of the molecule is Cc1cccc(C2(O)CC(C)(F)C2)n1. The molecule has 3 heteroatoms. The predicted octanol–water partition coefficient (Wildman–Crippen LogP) is 2.10. The van der Waals surface area contributed by atoms with E-state index in [4.69, 9.17) is 0 Å². The number of aliphatic hydroxyl groups is 1. The maximum Gasteiger partial charge on any atom is 0.114 e. The lowest BCUT2D eigenvalue weighted by Crippen LogP contribution is -2.50. The number of hydrogen-bond donors (Lipinski definition) is 1. The first-order chi connectivity index (χ1) is 6.41. The number of rotatable bonds is 1. The van der Waals surface area contributed by atoms with Gasteiger partial charge in [-0.3, -0.25) is 4.98 Å². The van der Waals surface area contributed by atoms with E-state index < -0.39 is 11.3 Å². The van der Waals surface area contributed by atoms with E-state index in [0.29, 0.717) is 5.69 Å². The molecule has 0 atom stereocenters. The minimum atomic E-state index is -1.24. The van der Waals surface area contributed by atoms with E-state index in [1.54, 1.807) is 6.07 Å². The third kappa shape index (κ3) is 1.52. The van der Waals surface area contributed by atoms with E-state index in [0.717, 1.165) is 5.69 Å². The molecule has 0 saturated heterocycles. The Morgan fingerprint density at radius 2 is 2.07 bits per heavy atom. The maximum atomic E-state index is 13.3. The summed E-state index contributed by atoms with van der Waals surface area (Å²) in [6.45, 7) is 3.37. The van der Waals surface area contributed by atoms with Crippen molar-refractivity contribution in [2.75, 3.05) is 0 Å². The Hall–Kier alpha value is -0.960. The lowest BCUT2D eigenvalue weighted by molar-refractivity contribution is -0.141. The number of pyridine rings is 1. The van der Waals surface area contributed by atoms with Gasteiger partial charge >= 0.3 is 0 Å². The van der Waals surface area contributed by atoms with Crippen LogP contribution in [0.25, 0.3) is 0 Å². The fourth-order valence-electron chi connectivity index (χ4n) is 2.15. The molecule has 1 aliphatic rings. The predicted molar refractivity (Wildman–Crippen MR) is 51.6 cm³/mol. The van der Waals surface area contributed by atoms with Crippen molar-refractivity contribution in [2.45, 2.75) is 38.0 Å². The van der Waals surface area contributed by atoms with Crippen LogP contribution in [-0.2, 0) is 5.60 Å². The van der Waals surface area contributed by atoms with Crippen molar-refractivity contribution < 1.29 is 9.50 Å². The second-order valence-electron chi connectivity index (χ2n) is 4.46. The first-order valence-corrected chi connectivity index (χ1v) is 4.77. The van der Waals surface area contributed by atoms with Gasteiger partial charge in [-0.15, -0.1) is 0 Å². The smallest absolute Gasteiger partial charge is 0.114 e. The van der Waals surface area contributed by atoms with Crippen molar-refractivity contribution in [3.8, 4) is 0 Å². The van der Waals surface area contributed by atoms with Gasteiger partial charge in [0.15, 0.2) is 0 Å². The minimum absolute atomic E-state index is 0.149. The molecule has 0 radical (unpaired) electrons. The molecule has 1 aromatic rings. The molecule has 0 aliphatic heterocycles. The topological polar surface area (TPSA) is 33.1 Å². The third-order valence-corrected chi connectivity index (χ3v) is 2.69. The first-order valence-electron chi connectivity index (χ1n) is 4.77. The molecule has 2 nitrogen and oxygen atoms in total. The van der Waals surface area contributed by atoms with Crippen LogP contribution in [0, 0.1) is 6.92 Å². The molecule has 0 unspecified atom stereocenters. The molecule has 0 bridgehead atoms. The molecule has 76 valence electrons. The summed E-state index contributed by atoms with van der Waals surface area (Å²) in [5.74, 6) is 0. The normalized spacial score (nSPS) is 36.6. The van der Waals surface area contributed by atoms with E-state index in [1.807, 2.05) is 19.1 Å². The van der Waals surface area contributed by atoms with Crippen LogP contribution in [0.3, 0.4) is 0 Å². The van der Waals surface area contributed by atoms with Crippen LogP contribution < -0.4 is 0 Å². The number of aryl methyl sites for hydroxylation is 1. The fourth-order valence-corrected chi connectivity index (χ4v) is 2.15. The second-order valence-corrected chi connectivity index (χ2v) is 4.46. The highest BCUT2D eigenvalue weighted by Crippen LogP contribution is 2.49. The average molecular weight is 195 g/mol. The summed E-state index contributed by atoms with van der Waals surface area (Å²) >= 11 is 0. The van der Waals surface area contributed by atoms with Gasteiger partial charge in [0.25, 0.3) is 0 Å². The van der Waals surface area contributed by atoms with Gasteiger partial charge in [0, 0.05) is 18.5 Å². The molecule has 14 heavy (non-hydrogen) atoms. The summed E-state index contributed by atoms with van der Waals surface area (Å²) in [4.78, 5) is 4.22. The quantitative estimate of drug-likeness (QED) is 0.744. The zero-order chi connectivity index (χ0) is 10.4. The molecule has 1 fully saturated rings. The van der Waals surface area contributed by atoms with Crippen molar-refractivity contribution in [2.24, 2.45) is 0 Å². The summed E-state index contributed by atoms with van der Waals surface area (Å²) in [7, 11) is 0. The molecule has 0 spiro atoms. The fraction of sp³-hybridized carbons (Fsp3) is 0.545. The molecule has 1 heterocycles. The Labute approximate surface area is 82.8 Å². The van der Waals surface area contributed by atoms with Crippen LogP contribution in [0.5, 0.6) is 0 Å². The van der Waals surface area contributed by atoms with Crippen LogP contribution in [-0.4, -0.2) is 15.8 Å². The number of nitrogens with zero attached hydrogens (tertiary/aromatic N) is 1. The van der Waals surface area contributed by atoms with Crippen LogP contribution in [0.15, 0.2) is 18.2 Å². The number of hydrogen-bond acceptors (Lipinski definition) is 2. The highest BCUT2D eigenvalue weighted by molar-refractivity contribution is 5.22. The van der Waals surface area contributed by atoms with Gasteiger partial charge < -0.3 is 5.11 Å². The Kier molecular flexibility index (Phi) is 1.89. The molecule has 0 amide bonds. The third-order valence-electron chi connectivity index (χ3n) is 2.69. The number of alkyl halides is 1. The van der Waals surface area contributed by atoms with Crippen molar-refractivity contribution in [3.05, 3.63) is 29.6 Å². The van der Waals surface area contributed by atoms with Gasteiger partial charge in [-0.1, -0.05) is 6.07 Å². The Bertz CT molecular complexity index is 354. The summed E-state index contributed by atoms with van der Waals surface area (Å²) in [6, 6.07) is 5.45. The molecule has 1 aromatic heterocycles. The van der Waals surface area contributed by atoms with Crippen molar-refractivity contribution in [3.63, 3.8) is 0 Å². The van der Waals surface area contributed by atoms with E-state index >= 15 is 0 Å². The van der Waals surface area contributed by atoms with E-state index in [2.05, 4.69) is 4.98 Å². The Morgan fingerprint density at radius 1 is 1.43 bits per heavy atom. The highest BCUT2D eigenvalue weighted by Gasteiger charge is 2.53. The molecular formula is C11H14FNO. The van der Waals surface area contributed by atoms with Gasteiger partial charge in [-0.05, 0) is 26.0 Å². The van der Waals surface area contributed by atoms with Crippen molar-refractivity contribution >= 4 is 0 Å². The minimum Gasteiger partial charge on any atom is -0.383 e. The summed E-state index contributed by atoms with van der Waals surface area (Å²) in [5, 5.41) is 10.0. The van der Waals surface area contributed by atoms with Crippen LogP contribution in [0.2, 0.25) is 0 Å². The van der Waals surface area contributed by atoms with Gasteiger partial charge in [0.05, 0.1) is 5.69 Å². The van der Waals surface area contributed by atoms with Crippen LogP contribution in [0.1, 0.15) is 31.2 Å². The lowest BCUT2D eigenvalue weighted by Gasteiger charge is -2.45. The Balaban J connectivity index is 2.25. The summed E-state index contributed by atoms with van der Waals surface area (Å²) in [6.07, 6.45) is 0.299. The Morgan fingerprint density at radius 3 is 2.57 bits per heavy atom. The van der Waals surface area contributed by atoms with Gasteiger partial charge in [0.1, 0.15) is 11.3 Å². The van der Waals surface area contributed by atoms with E-state index in [-0.39, 0.29) is 12.8 Å². The van der Waals surface area contributed by atoms with E-state index in [1.165, 1.54) is 6.92 Å². The number of halogens is 1. The largest absolute Gasteiger partial charge is 0.383 e. The monoisotopic (exact) mass is 195 g/mol. The van der Waals surface area contributed by atoms with Gasteiger partial charge in [-0.25, -0.2) is 4.39 Å². The summed E-state index contributed by atoms with van der Waals surface area (Å²) < 4.78 is 13.3. The molecule has 1 N–H and O–H groups in total. The molecular weight excluding hydrogens is 181 g/mol. The van der Waals surface area contributed by atoms with Crippen molar-refractivity contribution in [1.82, 2.24) is 4.98 Å². The lowest BCUT2D eigenvalue weighted by atomic mass is 9.68. The van der Waals surface area contributed by atoms with Gasteiger partial charge in [-0.2, -0.15) is 0 Å². The van der Waals surface area contributed by atoms with Gasteiger partial charge in [0.2, 0.25) is 0 Å². The molecule has 1 saturated carbocycles. The molecule has 2 rings (SSSR count). The zero-order valence-electron chi connectivity index (χ0n) is 8.42. The summed E-state index contributed by atoms with van der Waals surface area (Å²) in [5.41, 5.74) is -0.841.